The Hall–Kier alpha value is -3.80. The number of rotatable bonds is 5. The number of carboxylic acids is 1. The topological polar surface area (TPSA) is 88.0 Å². The molecule has 0 unspecified atom stereocenters. The lowest BCUT2D eigenvalue weighted by molar-refractivity contribution is 0.0697. The van der Waals surface area contributed by atoms with Gasteiger partial charge < -0.3 is 10.4 Å². The molecule has 0 amide bonds. The smallest absolute Gasteiger partial charge is 0.339 e. The van der Waals surface area contributed by atoms with Crippen LogP contribution in [0.25, 0.3) is 22.2 Å². The largest absolute Gasteiger partial charge is 0.478 e. The Kier molecular flexibility index (Phi) is 4.17. The molecule has 0 saturated heterocycles. The van der Waals surface area contributed by atoms with Gasteiger partial charge in [0.2, 0.25) is 0 Å². The molecule has 1 saturated carbocycles. The molecular weight excluding hydrogens is 364 g/mol. The molecule has 2 heterocycles. The van der Waals surface area contributed by atoms with E-state index in [9.17, 15) is 9.90 Å². The van der Waals surface area contributed by atoms with Crippen molar-refractivity contribution in [2.24, 2.45) is 0 Å². The van der Waals surface area contributed by atoms with Crippen LogP contribution < -0.4 is 5.32 Å². The van der Waals surface area contributed by atoms with Crippen LogP contribution in [0.15, 0.2) is 67.1 Å². The summed E-state index contributed by atoms with van der Waals surface area (Å²) in [7, 11) is 0. The number of hydrogen-bond acceptors (Lipinski definition) is 5. The van der Waals surface area contributed by atoms with E-state index in [1.54, 1.807) is 18.6 Å². The molecule has 6 heteroatoms. The van der Waals surface area contributed by atoms with Gasteiger partial charge in [0.25, 0.3) is 0 Å². The van der Waals surface area contributed by atoms with E-state index in [0.717, 1.165) is 46.3 Å². The third kappa shape index (κ3) is 3.40. The van der Waals surface area contributed by atoms with Crippen LogP contribution in [-0.4, -0.2) is 26.0 Å². The first-order chi connectivity index (χ1) is 14.2. The van der Waals surface area contributed by atoms with E-state index in [4.69, 9.17) is 0 Å². The highest BCUT2D eigenvalue weighted by Crippen LogP contribution is 2.40. The summed E-state index contributed by atoms with van der Waals surface area (Å²) in [6.07, 6.45) is 5.52. The number of nitrogens with zero attached hydrogens (tertiary/aromatic N) is 3. The van der Waals surface area contributed by atoms with Crippen molar-refractivity contribution in [3.05, 3.63) is 78.2 Å². The lowest BCUT2D eigenvalue weighted by atomic mass is 10.1. The van der Waals surface area contributed by atoms with Gasteiger partial charge in [0, 0.05) is 22.8 Å². The van der Waals surface area contributed by atoms with Crippen LogP contribution in [0.2, 0.25) is 0 Å². The molecule has 2 aromatic heterocycles. The predicted octanol–water partition coefficient (Wildman–Crippen LogP) is 5.01. The number of aromatic nitrogens is 3. The maximum absolute atomic E-state index is 11.8. The summed E-state index contributed by atoms with van der Waals surface area (Å²) < 4.78 is 0. The number of fused-ring (bicyclic) bond motifs is 1. The lowest BCUT2D eigenvalue weighted by Gasteiger charge is -2.12. The van der Waals surface area contributed by atoms with Crippen molar-refractivity contribution < 1.29 is 9.90 Å². The summed E-state index contributed by atoms with van der Waals surface area (Å²) in [6.45, 7) is 0. The summed E-state index contributed by atoms with van der Waals surface area (Å²) >= 11 is 0. The van der Waals surface area contributed by atoms with E-state index in [2.05, 4.69) is 20.3 Å². The summed E-state index contributed by atoms with van der Waals surface area (Å²) in [5.41, 5.74) is 4.55. The molecule has 2 aromatic carbocycles. The van der Waals surface area contributed by atoms with Crippen LogP contribution in [0, 0.1) is 0 Å². The molecule has 4 aromatic rings. The van der Waals surface area contributed by atoms with Gasteiger partial charge in [0.05, 0.1) is 11.2 Å². The molecule has 2 N–H and O–H groups in total. The van der Waals surface area contributed by atoms with Gasteiger partial charge in [0.15, 0.2) is 0 Å². The van der Waals surface area contributed by atoms with Crippen molar-refractivity contribution in [1.29, 1.82) is 0 Å². The van der Waals surface area contributed by atoms with E-state index < -0.39 is 5.97 Å². The lowest BCUT2D eigenvalue weighted by Crippen LogP contribution is -2.06. The Morgan fingerprint density at radius 3 is 2.59 bits per heavy atom. The van der Waals surface area contributed by atoms with Gasteiger partial charge in [-0.1, -0.05) is 30.3 Å². The van der Waals surface area contributed by atoms with Crippen LogP contribution in [0.3, 0.4) is 0 Å². The number of anilines is 2. The fraction of sp³-hybridized carbons (Fsp3) is 0.130. The number of pyridine rings is 1. The molecular formula is C23H18N4O2. The second-order valence-electron chi connectivity index (χ2n) is 7.19. The zero-order valence-electron chi connectivity index (χ0n) is 15.5. The number of hydrogen-bond donors (Lipinski definition) is 2. The Morgan fingerprint density at radius 2 is 1.83 bits per heavy atom. The first kappa shape index (κ1) is 17.3. The summed E-state index contributed by atoms with van der Waals surface area (Å²) in [4.78, 5) is 25.0. The molecule has 29 heavy (non-hydrogen) atoms. The molecule has 6 nitrogen and oxygen atoms in total. The van der Waals surface area contributed by atoms with Gasteiger partial charge in [-0.15, -0.1) is 0 Å². The normalized spacial score (nSPS) is 13.4. The number of benzene rings is 2. The van der Waals surface area contributed by atoms with Crippen LogP contribution >= 0.6 is 0 Å². The second-order valence-corrected chi connectivity index (χ2v) is 7.19. The van der Waals surface area contributed by atoms with Crippen LogP contribution in [0.1, 0.15) is 34.7 Å². The molecule has 0 aliphatic heterocycles. The highest BCUT2D eigenvalue weighted by Gasteiger charge is 2.26. The van der Waals surface area contributed by atoms with Gasteiger partial charge in [-0.3, -0.25) is 0 Å². The Labute approximate surface area is 167 Å². The third-order valence-electron chi connectivity index (χ3n) is 5.13. The Balaban J connectivity index is 1.55. The molecule has 0 spiro atoms. The molecule has 0 radical (unpaired) electrons. The molecule has 1 fully saturated rings. The first-order valence-corrected chi connectivity index (χ1v) is 9.49. The SMILES string of the molecule is O=C(O)c1cc(C2CC2)cnc1Nc1ccc2ncnc(-c3ccccc3)c2c1. The van der Waals surface area contributed by atoms with Crippen molar-refractivity contribution in [3.63, 3.8) is 0 Å². The molecule has 0 bridgehead atoms. The van der Waals surface area contributed by atoms with Gasteiger partial charge >= 0.3 is 5.97 Å². The van der Waals surface area contributed by atoms with Crippen LogP contribution in [-0.2, 0) is 0 Å². The minimum absolute atomic E-state index is 0.182. The van der Waals surface area contributed by atoms with Crippen molar-refractivity contribution in [2.75, 3.05) is 5.32 Å². The summed E-state index contributed by atoms with van der Waals surface area (Å²) in [5, 5.41) is 13.7. The zero-order valence-corrected chi connectivity index (χ0v) is 15.5. The van der Waals surface area contributed by atoms with Crippen molar-refractivity contribution in [3.8, 4) is 11.3 Å². The standard InChI is InChI=1S/C23H18N4O2/c28-23(29)19-10-16(14-6-7-14)12-24-22(19)27-17-8-9-20-18(11-17)21(26-13-25-20)15-4-2-1-3-5-15/h1-5,8-14H,6-7H2,(H,24,27)(H,28,29). The van der Waals surface area contributed by atoms with E-state index in [-0.39, 0.29) is 5.56 Å². The first-order valence-electron chi connectivity index (χ1n) is 9.49. The molecule has 1 aliphatic rings. The van der Waals surface area contributed by atoms with Crippen molar-refractivity contribution >= 4 is 28.4 Å². The average Bonchev–Trinajstić information content (AvgIpc) is 3.59. The third-order valence-corrected chi connectivity index (χ3v) is 5.13. The molecule has 142 valence electrons. The Bertz CT molecular complexity index is 1220. The van der Waals surface area contributed by atoms with E-state index in [1.807, 2.05) is 48.5 Å². The van der Waals surface area contributed by atoms with E-state index in [1.165, 1.54) is 0 Å². The van der Waals surface area contributed by atoms with Crippen LogP contribution in [0.4, 0.5) is 11.5 Å². The summed E-state index contributed by atoms with van der Waals surface area (Å²) in [6, 6.07) is 17.3. The number of carbonyl (C=O) groups is 1. The minimum Gasteiger partial charge on any atom is -0.478 e. The van der Waals surface area contributed by atoms with Crippen molar-refractivity contribution in [1.82, 2.24) is 15.0 Å². The fourth-order valence-corrected chi connectivity index (χ4v) is 3.48. The minimum atomic E-state index is -0.989. The zero-order chi connectivity index (χ0) is 19.8. The van der Waals surface area contributed by atoms with Gasteiger partial charge in [-0.2, -0.15) is 0 Å². The average molecular weight is 382 g/mol. The van der Waals surface area contributed by atoms with Crippen molar-refractivity contribution in [2.45, 2.75) is 18.8 Å². The molecule has 1 aliphatic carbocycles. The summed E-state index contributed by atoms with van der Waals surface area (Å²) in [5.74, 6) is -0.211. The molecule has 0 atom stereocenters. The predicted molar refractivity (Wildman–Crippen MR) is 111 cm³/mol. The monoisotopic (exact) mass is 382 g/mol. The second kappa shape index (κ2) is 6.98. The molecule has 5 rings (SSSR count). The number of nitrogens with one attached hydrogen (secondary N) is 1. The number of aromatic carboxylic acids is 1. The van der Waals surface area contributed by atoms with Gasteiger partial charge in [0.1, 0.15) is 17.7 Å². The maximum atomic E-state index is 11.8. The van der Waals surface area contributed by atoms with E-state index >= 15 is 0 Å². The Morgan fingerprint density at radius 1 is 1.00 bits per heavy atom. The van der Waals surface area contributed by atoms with Gasteiger partial charge in [-0.25, -0.2) is 19.7 Å². The quantitative estimate of drug-likeness (QED) is 0.504. The van der Waals surface area contributed by atoms with Crippen LogP contribution in [0.5, 0.6) is 0 Å². The fourth-order valence-electron chi connectivity index (χ4n) is 3.48. The highest BCUT2D eigenvalue weighted by molar-refractivity contribution is 5.96. The highest BCUT2D eigenvalue weighted by atomic mass is 16.4. The van der Waals surface area contributed by atoms with Gasteiger partial charge in [-0.05, 0) is 48.6 Å². The maximum Gasteiger partial charge on any atom is 0.339 e. The number of carboxylic acid groups (broad SMARTS) is 1. The van der Waals surface area contributed by atoms with E-state index in [0.29, 0.717) is 11.7 Å².